The Bertz CT molecular complexity index is 1270. The van der Waals surface area contributed by atoms with Crippen LogP contribution in [0.15, 0.2) is 53.6 Å². The smallest absolute Gasteiger partial charge is 0.338 e. The van der Waals surface area contributed by atoms with Crippen molar-refractivity contribution in [2.24, 2.45) is 0 Å². The maximum atomic E-state index is 12.4. The second-order valence-corrected chi connectivity index (χ2v) is 9.01. The number of hydrogen-bond donors (Lipinski definition) is 1. The second-order valence-electron chi connectivity index (χ2n) is 6.86. The molecule has 8 heteroatoms. The first-order chi connectivity index (χ1) is 15.0. The van der Waals surface area contributed by atoms with Gasteiger partial charge in [0.25, 0.3) is 0 Å². The Morgan fingerprint density at radius 3 is 2.77 bits per heavy atom. The van der Waals surface area contributed by atoms with Crippen molar-refractivity contribution < 1.29 is 14.3 Å². The van der Waals surface area contributed by atoms with Crippen LogP contribution in [-0.4, -0.2) is 34.2 Å². The standard InChI is InChI=1S/C23H21N3O3S2/c1-3-29-22(28)15-8-9-18-19(13-15)31-23(25-18)26-20(27)10-11-30-21-12-14(2)16-6-4-5-7-17(16)24-21/h4-9,12-13H,3,10-11H2,1-2H3,(H,25,26,27). The number of hydrogen-bond acceptors (Lipinski definition) is 7. The van der Waals surface area contributed by atoms with Crippen LogP contribution in [0.3, 0.4) is 0 Å². The summed E-state index contributed by atoms with van der Waals surface area (Å²) in [7, 11) is 0. The van der Waals surface area contributed by atoms with Gasteiger partial charge in [-0.05, 0) is 49.7 Å². The number of fused-ring (bicyclic) bond motifs is 2. The van der Waals surface area contributed by atoms with Crippen LogP contribution in [-0.2, 0) is 9.53 Å². The summed E-state index contributed by atoms with van der Waals surface area (Å²) in [5.74, 6) is 0.154. The molecule has 0 bridgehead atoms. The Balaban J connectivity index is 1.35. The lowest BCUT2D eigenvalue weighted by Gasteiger charge is -2.06. The minimum Gasteiger partial charge on any atom is -0.462 e. The number of carbonyl (C=O) groups is 2. The molecule has 1 amide bonds. The lowest BCUT2D eigenvalue weighted by molar-refractivity contribution is -0.115. The highest BCUT2D eigenvalue weighted by atomic mass is 32.2. The lowest BCUT2D eigenvalue weighted by atomic mass is 10.1. The van der Waals surface area contributed by atoms with Gasteiger partial charge in [-0.25, -0.2) is 14.8 Å². The summed E-state index contributed by atoms with van der Waals surface area (Å²) in [5.41, 5.74) is 3.35. The van der Waals surface area contributed by atoms with E-state index < -0.39 is 0 Å². The minimum atomic E-state index is -0.363. The highest BCUT2D eigenvalue weighted by Gasteiger charge is 2.12. The van der Waals surface area contributed by atoms with E-state index in [1.165, 1.54) is 16.9 Å². The Kier molecular flexibility index (Phi) is 6.48. The van der Waals surface area contributed by atoms with Crippen LogP contribution in [0.1, 0.15) is 29.3 Å². The van der Waals surface area contributed by atoms with Gasteiger partial charge < -0.3 is 10.1 Å². The van der Waals surface area contributed by atoms with Crippen LogP contribution < -0.4 is 5.32 Å². The third-order valence-corrected chi connectivity index (χ3v) is 6.47. The zero-order chi connectivity index (χ0) is 21.8. The molecule has 2 aromatic carbocycles. The predicted molar refractivity (Wildman–Crippen MR) is 126 cm³/mol. The number of amides is 1. The lowest BCUT2D eigenvalue weighted by Crippen LogP contribution is -2.11. The average Bonchev–Trinajstić information content (AvgIpc) is 3.15. The van der Waals surface area contributed by atoms with E-state index in [0.717, 1.165) is 26.1 Å². The summed E-state index contributed by atoms with van der Waals surface area (Å²) >= 11 is 2.90. The van der Waals surface area contributed by atoms with Gasteiger partial charge in [0.05, 0.1) is 32.9 Å². The van der Waals surface area contributed by atoms with Crippen molar-refractivity contribution >= 4 is 61.2 Å². The second kappa shape index (κ2) is 9.45. The first-order valence-corrected chi connectivity index (χ1v) is 11.7. The van der Waals surface area contributed by atoms with E-state index in [4.69, 9.17) is 4.74 Å². The third kappa shape index (κ3) is 5.03. The number of nitrogens with zero attached hydrogens (tertiary/aromatic N) is 2. The highest BCUT2D eigenvalue weighted by Crippen LogP contribution is 2.28. The van der Waals surface area contributed by atoms with Crippen LogP contribution >= 0.6 is 23.1 Å². The van der Waals surface area contributed by atoms with Crippen molar-refractivity contribution in [2.75, 3.05) is 17.7 Å². The maximum absolute atomic E-state index is 12.4. The van der Waals surface area contributed by atoms with E-state index in [9.17, 15) is 9.59 Å². The van der Waals surface area contributed by atoms with Crippen molar-refractivity contribution in [3.8, 4) is 0 Å². The summed E-state index contributed by atoms with van der Waals surface area (Å²) in [6.45, 7) is 4.17. The molecule has 158 valence electrons. The summed E-state index contributed by atoms with van der Waals surface area (Å²) in [6.07, 6.45) is 0.349. The number of ether oxygens (including phenoxy) is 1. The first-order valence-electron chi connectivity index (χ1n) is 9.90. The molecule has 4 aromatic rings. The molecule has 31 heavy (non-hydrogen) atoms. The zero-order valence-corrected chi connectivity index (χ0v) is 18.8. The molecule has 0 aliphatic rings. The Morgan fingerprint density at radius 2 is 1.94 bits per heavy atom. The molecule has 0 atom stereocenters. The Morgan fingerprint density at radius 1 is 1.10 bits per heavy atom. The molecule has 0 saturated carbocycles. The minimum absolute atomic E-state index is 0.102. The number of aryl methyl sites for hydroxylation is 1. The van der Waals surface area contributed by atoms with Gasteiger partial charge in [0.2, 0.25) is 5.91 Å². The molecule has 0 unspecified atom stereocenters. The van der Waals surface area contributed by atoms with E-state index in [1.807, 2.05) is 18.2 Å². The monoisotopic (exact) mass is 451 g/mol. The third-order valence-electron chi connectivity index (χ3n) is 4.62. The van der Waals surface area contributed by atoms with Crippen LogP contribution in [0, 0.1) is 6.92 Å². The van der Waals surface area contributed by atoms with Gasteiger partial charge in [0, 0.05) is 17.6 Å². The number of thiazole rings is 1. The zero-order valence-electron chi connectivity index (χ0n) is 17.2. The van der Waals surface area contributed by atoms with Gasteiger partial charge >= 0.3 is 5.97 Å². The van der Waals surface area contributed by atoms with Crippen molar-refractivity contribution in [1.29, 1.82) is 0 Å². The Hall–Kier alpha value is -2.97. The molecule has 0 aliphatic heterocycles. The number of aromatic nitrogens is 2. The number of esters is 1. The van der Waals surface area contributed by atoms with Crippen LogP contribution in [0.25, 0.3) is 21.1 Å². The van der Waals surface area contributed by atoms with Crippen molar-refractivity contribution in [3.05, 3.63) is 59.7 Å². The fraction of sp³-hybridized carbons (Fsp3) is 0.217. The van der Waals surface area contributed by atoms with Gasteiger partial charge in [0.15, 0.2) is 5.13 Å². The van der Waals surface area contributed by atoms with Crippen molar-refractivity contribution in [3.63, 3.8) is 0 Å². The summed E-state index contributed by atoms with van der Waals surface area (Å²) in [4.78, 5) is 33.3. The van der Waals surface area contributed by atoms with Gasteiger partial charge in [-0.2, -0.15) is 0 Å². The molecule has 2 aromatic heterocycles. The van der Waals surface area contributed by atoms with Gasteiger partial charge in [-0.3, -0.25) is 4.79 Å². The average molecular weight is 452 g/mol. The first kappa shape index (κ1) is 21.3. The molecule has 0 saturated heterocycles. The molecule has 2 heterocycles. The molecule has 0 radical (unpaired) electrons. The summed E-state index contributed by atoms with van der Waals surface area (Å²) < 4.78 is 5.85. The molecular weight excluding hydrogens is 430 g/mol. The number of benzene rings is 2. The van der Waals surface area contributed by atoms with Crippen LogP contribution in [0.5, 0.6) is 0 Å². The van der Waals surface area contributed by atoms with E-state index in [1.54, 1.807) is 36.9 Å². The predicted octanol–water partition coefficient (Wildman–Crippen LogP) is 5.45. The highest BCUT2D eigenvalue weighted by molar-refractivity contribution is 7.99. The van der Waals surface area contributed by atoms with E-state index >= 15 is 0 Å². The molecule has 0 aliphatic carbocycles. The number of carbonyl (C=O) groups excluding carboxylic acids is 2. The fourth-order valence-corrected chi connectivity index (χ4v) is 4.98. The molecular formula is C23H21N3O3S2. The molecule has 6 nitrogen and oxygen atoms in total. The van der Waals surface area contributed by atoms with E-state index in [2.05, 4.69) is 34.3 Å². The molecule has 0 spiro atoms. The molecule has 4 rings (SSSR count). The number of rotatable bonds is 7. The number of nitrogens with one attached hydrogen (secondary N) is 1. The Labute approximate surface area is 188 Å². The van der Waals surface area contributed by atoms with Gasteiger partial charge in [0.1, 0.15) is 0 Å². The topological polar surface area (TPSA) is 81.2 Å². The van der Waals surface area contributed by atoms with Crippen molar-refractivity contribution in [1.82, 2.24) is 9.97 Å². The van der Waals surface area contributed by atoms with Crippen LogP contribution in [0.2, 0.25) is 0 Å². The largest absolute Gasteiger partial charge is 0.462 e. The molecule has 1 N–H and O–H groups in total. The number of thioether (sulfide) groups is 1. The normalized spacial score (nSPS) is 11.0. The molecule has 0 fully saturated rings. The van der Waals surface area contributed by atoms with E-state index in [0.29, 0.717) is 29.5 Å². The quantitative estimate of drug-likeness (QED) is 0.297. The SMILES string of the molecule is CCOC(=O)c1ccc2nc(NC(=O)CCSc3cc(C)c4ccccc4n3)sc2c1. The number of anilines is 1. The number of para-hydroxylation sites is 1. The summed E-state index contributed by atoms with van der Waals surface area (Å²) in [6, 6.07) is 15.3. The van der Waals surface area contributed by atoms with E-state index in [-0.39, 0.29) is 11.9 Å². The van der Waals surface area contributed by atoms with Crippen LogP contribution in [0.4, 0.5) is 5.13 Å². The number of pyridine rings is 1. The summed E-state index contributed by atoms with van der Waals surface area (Å²) in [5, 5.41) is 5.43. The van der Waals surface area contributed by atoms with Gasteiger partial charge in [-0.1, -0.05) is 29.5 Å². The maximum Gasteiger partial charge on any atom is 0.338 e. The van der Waals surface area contributed by atoms with Gasteiger partial charge in [-0.15, -0.1) is 11.8 Å². The van der Waals surface area contributed by atoms with Crippen molar-refractivity contribution in [2.45, 2.75) is 25.3 Å². The fourth-order valence-electron chi connectivity index (χ4n) is 3.14.